The number of H-pyrrole nitrogens is 1. The lowest BCUT2D eigenvalue weighted by atomic mass is 9.98. The van der Waals surface area contributed by atoms with Crippen LogP contribution in [0.3, 0.4) is 0 Å². The van der Waals surface area contributed by atoms with E-state index >= 15 is 0 Å². The summed E-state index contributed by atoms with van der Waals surface area (Å²) >= 11 is 6.55. The van der Waals surface area contributed by atoms with Crippen LogP contribution in [0.25, 0.3) is 22.5 Å². The summed E-state index contributed by atoms with van der Waals surface area (Å²) in [6.07, 6.45) is 0.369. The number of benzene rings is 2. The van der Waals surface area contributed by atoms with Gasteiger partial charge in [-0.2, -0.15) is 5.21 Å². The molecule has 0 amide bonds. The molecule has 1 unspecified atom stereocenters. The van der Waals surface area contributed by atoms with Crippen LogP contribution in [-0.2, 0) is 43.4 Å². The fraction of sp³-hybridized carbons (Fsp3) is 0.367. The number of esters is 2. The van der Waals surface area contributed by atoms with E-state index in [0.717, 1.165) is 40.9 Å². The molecule has 0 saturated heterocycles. The van der Waals surface area contributed by atoms with Crippen molar-refractivity contribution in [3.05, 3.63) is 70.8 Å². The third-order valence-corrected chi connectivity index (χ3v) is 7.03. The van der Waals surface area contributed by atoms with Gasteiger partial charge >= 0.3 is 17.9 Å². The van der Waals surface area contributed by atoms with Crippen molar-refractivity contribution >= 4 is 29.5 Å². The molecule has 4 aromatic rings. The van der Waals surface area contributed by atoms with Crippen LogP contribution >= 0.6 is 11.6 Å². The van der Waals surface area contributed by atoms with Gasteiger partial charge in [-0.05, 0) is 34.9 Å². The van der Waals surface area contributed by atoms with Gasteiger partial charge in [0.1, 0.15) is 12.4 Å². The standard InChI is InChI=1S/C30H34ClN7O6/c1-3-5-10-24-33-27(31)23(18-43-30(42)29(32-4-2)44-26(41)16-15-25(39)40)38(24)17-19-11-13-20(14-12-19)21-8-6-7-9-22(21)28-34-36-37-35-28/h6-9,11-14,29,32H,3-5,10,15-18H2,1-2H3,(H,39,40)(H,34,35,36,37). The first-order chi connectivity index (χ1) is 21.3. The Morgan fingerprint density at radius 1 is 1.07 bits per heavy atom. The molecule has 0 radical (unpaired) electrons. The number of imidazole rings is 1. The van der Waals surface area contributed by atoms with Crippen LogP contribution < -0.4 is 5.32 Å². The summed E-state index contributed by atoms with van der Waals surface area (Å²) in [5.74, 6) is -1.54. The Balaban J connectivity index is 1.52. The lowest BCUT2D eigenvalue weighted by Gasteiger charge is -2.18. The number of unbranched alkanes of at least 4 members (excludes halogenated alkanes) is 1. The van der Waals surface area contributed by atoms with Crippen LogP contribution in [0, 0.1) is 0 Å². The molecule has 2 heterocycles. The molecule has 14 heteroatoms. The third kappa shape index (κ3) is 8.48. The molecule has 3 N–H and O–H groups in total. The normalized spacial score (nSPS) is 11.7. The molecule has 44 heavy (non-hydrogen) atoms. The van der Waals surface area contributed by atoms with Crippen molar-refractivity contribution in [1.82, 2.24) is 35.5 Å². The minimum atomic E-state index is -1.39. The van der Waals surface area contributed by atoms with Crippen molar-refractivity contribution in [2.45, 2.75) is 65.3 Å². The highest BCUT2D eigenvalue weighted by molar-refractivity contribution is 6.30. The lowest BCUT2D eigenvalue weighted by molar-refractivity contribution is -0.171. The predicted octanol–water partition coefficient (Wildman–Crippen LogP) is 4.16. The molecule has 0 saturated carbocycles. The number of aromatic amines is 1. The van der Waals surface area contributed by atoms with Crippen molar-refractivity contribution in [1.29, 1.82) is 0 Å². The average molecular weight is 624 g/mol. The summed E-state index contributed by atoms with van der Waals surface area (Å²) in [5, 5.41) is 26.1. The zero-order valence-corrected chi connectivity index (χ0v) is 25.2. The Kier molecular flexibility index (Phi) is 11.5. The minimum absolute atomic E-state index is 0.207. The summed E-state index contributed by atoms with van der Waals surface area (Å²) in [7, 11) is 0. The van der Waals surface area contributed by atoms with E-state index < -0.39 is 30.6 Å². The van der Waals surface area contributed by atoms with Crippen molar-refractivity contribution in [2.75, 3.05) is 6.54 Å². The van der Waals surface area contributed by atoms with Gasteiger partial charge in [-0.15, -0.1) is 10.2 Å². The number of ether oxygens (including phenoxy) is 2. The second-order valence-corrected chi connectivity index (χ2v) is 10.2. The highest BCUT2D eigenvalue weighted by Gasteiger charge is 2.26. The number of nitrogens with zero attached hydrogens (tertiary/aromatic N) is 5. The number of carboxylic acids is 1. The van der Waals surface area contributed by atoms with E-state index in [-0.39, 0.29) is 18.2 Å². The fourth-order valence-corrected chi connectivity index (χ4v) is 4.76. The van der Waals surface area contributed by atoms with Gasteiger partial charge < -0.3 is 19.1 Å². The van der Waals surface area contributed by atoms with E-state index in [4.69, 9.17) is 26.2 Å². The number of carbonyl (C=O) groups excluding carboxylic acids is 2. The summed E-state index contributed by atoms with van der Waals surface area (Å²) in [6, 6.07) is 15.8. The van der Waals surface area contributed by atoms with Gasteiger partial charge in [-0.25, -0.2) is 9.78 Å². The van der Waals surface area contributed by atoms with Gasteiger partial charge in [0.15, 0.2) is 5.15 Å². The number of nitrogens with one attached hydrogen (secondary N) is 2. The van der Waals surface area contributed by atoms with E-state index in [1.165, 1.54) is 0 Å². The van der Waals surface area contributed by atoms with Crippen molar-refractivity contribution in [2.24, 2.45) is 0 Å². The van der Waals surface area contributed by atoms with E-state index in [1.54, 1.807) is 6.92 Å². The van der Waals surface area contributed by atoms with Crippen LogP contribution in [0.15, 0.2) is 48.5 Å². The van der Waals surface area contributed by atoms with Crippen molar-refractivity contribution < 1.29 is 29.0 Å². The molecule has 0 bridgehead atoms. The molecule has 0 aliphatic rings. The summed E-state index contributed by atoms with van der Waals surface area (Å²) in [5.41, 5.74) is 4.27. The quantitative estimate of drug-likeness (QED) is 0.121. The van der Waals surface area contributed by atoms with Gasteiger partial charge in [0.05, 0.1) is 18.5 Å². The van der Waals surface area contributed by atoms with Crippen LogP contribution in [0.4, 0.5) is 0 Å². The maximum absolute atomic E-state index is 12.9. The molecule has 1 atom stereocenters. The van der Waals surface area contributed by atoms with Crippen LogP contribution in [0.2, 0.25) is 5.15 Å². The number of likely N-dealkylation sites (N-methyl/N-ethyl adjacent to an activating group) is 1. The van der Waals surface area contributed by atoms with Gasteiger partial charge in [-0.1, -0.05) is 80.4 Å². The van der Waals surface area contributed by atoms with Crippen LogP contribution in [0.1, 0.15) is 56.6 Å². The summed E-state index contributed by atoms with van der Waals surface area (Å²) < 4.78 is 12.6. The minimum Gasteiger partial charge on any atom is -0.481 e. The number of aromatic nitrogens is 6. The molecule has 0 spiro atoms. The first kappa shape index (κ1) is 32.3. The molecule has 4 rings (SSSR count). The number of aryl methyl sites for hydroxylation is 1. The predicted molar refractivity (Wildman–Crippen MR) is 160 cm³/mol. The molecule has 2 aromatic heterocycles. The van der Waals surface area contributed by atoms with Gasteiger partial charge in [0.2, 0.25) is 5.82 Å². The zero-order chi connectivity index (χ0) is 31.5. The monoisotopic (exact) mass is 623 g/mol. The van der Waals surface area contributed by atoms with Crippen LogP contribution in [-0.4, -0.2) is 66.0 Å². The molecule has 0 aliphatic carbocycles. The highest BCUT2D eigenvalue weighted by Crippen LogP contribution is 2.30. The van der Waals surface area contributed by atoms with E-state index in [0.29, 0.717) is 31.0 Å². The first-order valence-electron chi connectivity index (χ1n) is 14.3. The van der Waals surface area contributed by atoms with Gasteiger partial charge in [0.25, 0.3) is 6.23 Å². The summed E-state index contributed by atoms with van der Waals surface area (Å²) in [6.45, 7) is 4.34. The number of tetrazole rings is 1. The molecule has 0 aliphatic heterocycles. The smallest absolute Gasteiger partial charge is 0.363 e. The first-order valence-corrected chi connectivity index (χ1v) is 14.7. The van der Waals surface area contributed by atoms with E-state index in [1.807, 2.05) is 53.1 Å². The zero-order valence-electron chi connectivity index (χ0n) is 24.5. The number of hydrogen-bond donors (Lipinski definition) is 3. The molecular formula is C30H34ClN7O6. The summed E-state index contributed by atoms with van der Waals surface area (Å²) in [4.78, 5) is 40.2. The third-order valence-electron chi connectivity index (χ3n) is 6.72. The second kappa shape index (κ2) is 15.7. The topological polar surface area (TPSA) is 174 Å². The molecule has 2 aromatic carbocycles. The number of carbonyl (C=O) groups is 3. The number of hydrogen-bond acceptors (Lipinski definition) is 10. The van der Waals surface area contributed by atoms with E-state index in [9.17, 15) is 14.4 Å². The Hall–Kier alpha value is -4.62. The molecule has 0 fully saturated rings. The highest BCUT2D eigenvalue weighted by atomic mass is 35.5. The Morgan fingerprint density at radius 2 is 1.82 bits per heavy atom. The number of rotatable bonds is 16. The average Bonchev–Trinajstić information content (AvgIpc) is 3.66. The van der Waals surface area contributed by atoms with Gasteiger partial charge in [-0.3, -0.25) is 14.9 Å². The maximum atomic E-state index is 12.9. The molecule has 232 valence electrons. The molecular weight excluding hydrogens is 590 g/mol. The fourth-order valence-electron chi connectivity index (χ4n) is 4.51. The number of halogens is 1. The Labute approximate surface area is 258 Å². The van der Waals surface area contributed by atoms with Crippen molar-refractivity contribution in [3.8, 4) is 22.5 Å². The number of carboxylic acid groups (broad SMARTS) is 1. The largest absolute Gasteiger partial charge is 0.481 e. The van der Waals surface area contributed by atoms with E-state index in [2.05, 4.69) is 37.8 Å². The second-order valence-electron chi connectivity index (χ2n) is 9.86. The van der Waals surface area contributed by atoms with Gasteiger partial charge in [0, 0.05) is 18.5 Å². The number of aliphatic carboxylic acids is 1. The Morgan fingerprint density at radius 3 is 2.48 bits per heavy atom. The SMILES string of the molecule is CCCCc1nc(Cl)c(COC(=O)C(NCC)OC(=O)CCC(=O)O)n1Cc1ccc(-c2ccccc2-c2nn[nH]n2)cc1. The van der Waals surface area contributed by atoms with Crippen molar-refractivity contribution in [3.63, 3.8) is 0 Å². The maximum Gasteiger partial charge on any atom is 0.363 e. The van der Waals surface area contributed by atoms with Crippen LogP contribution in [0.5, 0.6) is 0 Å². The lowest BCUT2D eigenvalue weighted by Crippen LogP contribution is -2.41. The Bertz CT molecular complexity index is 1560. The molecule has 13 nitrogen and oxygen atoms in total.